The van der Waals surface area contributed by atoms with Crippen LogP contribution in [-0.4, -0.2) is 0 Å². The highest BCUT2D eigenvalue weighted by Crippen LogP contribution is 2.47. The summed E-state index contributed by atoms with van der Waals surface area (Å²) in [5.41, 5.74) is 15.5. The number of fused-ring (bicyclic) bond motifs is 6. The first-order valence-corrected chi connectivity index (χ1v) is 23.0. The van der Waals surface area contributed by atoms with Crippen molar-refractivity contribution in [3.8, 4) is 55.6 Å². The molecule has 12 rings (SSSR count). The molecule has 1 nitrogen and oxygen atoms in total. The summed E-state index contributed by atoms with van der Waals surface area (Å²) in [5, 5.41) is 5.22. The number of anilines is 3. The fourth-order valence-corrected chi connectivity index (χ4v) is 11.6. The number of hydrogen-bond acceptors (Lipinski definition) is 3. The summed E-state index contributed by atoms with van der Waals surface area (Å²) in [4.78, 5) is 2.36. The lowest BCUT2D eigenvalue weighted by molar-refractivity contribution is 1.28. The van der Waals surface area contributed by atoms with Gasteiger partial charge in [0.15, 0.2) is 0 Å². The standard InChI is InChI=1S/C60H39NS2/c1-4-13-40(14-5-1)42-23-30-48(31-24-42)61(49-32-25-43(26-33-49)41-15-6-2-7-16-41)50-34-27-44(28-35-50)47-38-54(46-29-36-58-55(37-46)52-19-10-11-22-57(52)62-58)60-56(39-47)53-21-12-20-51(59(53)63-60)45-17-8-3-9-18-45/h1-39H. The molecule has 0 unspecified atom stereocenters. The second-order valence-electron chi connectivity index (χ2n) is 16.1. The Kier molecular flexibility index (Phi) is 9.29. The predicted molar refractivity (Wildman–Crippen MR) is 274 cm³/mol. The van der Waals surface area contributed by atoms with Crippen LogP contribution in [0.1, 0.15) is 0 Å². The molecule has 10 aromatic carbocycles. The minimum Gasteiger partial charge on any atom is -0.311 e. The fraction of sp³-hybridized carbons (Fsp3) is 0. The van der Waals surface area contributed by atoms with E-state index < -0.39 is 0 Å². The van der Waals surface area contributed by atoms with Gasteiger partial charge in [0.2, 0.25) is 0 Å². The molecule has 0 spiro atoms. The fourth-order valence-electron chi connectivity index (χ4n) is 9.14. The lowest BCUT2D eigenvalue weighted by Gasteiger charge is -2.26. The summed E-state index contributed by atoms with van der Waals surface area (Å²) in [6.07, 6.45) is 0. The summed E-state index contributed by atoms with van der Waals surface area (Å²) < 4.78 is 5.28. The van der Waals surface area contributed by atoms with E-state index in [9.17, 15) is 0 Å². The molecule has 0 fully saturated rings. The maximum atomic E-state index is 2.42. The van der Waals surface area contributed by atoms with Gasteiger partial charge in [0, 0.05) is 63.0 Å². The van der Waals surface area contributed by atoms with Gasteiger partial charge in [0.05, 0.1) is 0 Å². The first-order chi connectivity index (χ1) is 31.2. The maximum Gasteiger partial charge on any atom is 0.0462 e. The van der Waals surface area contributed by atoms with Crippen molar-refractivity contribution in [3.05, 3.63) is 237 Å². The number of hydrogen-bond donors (Lipinski definition) is 0. The number of rotatable bonds is 8. The van der Waals surface area contributed by atoms with Crippen LogP contribution in [0.3, 0.4) is 0 Å². The topological polar surface area (TPSA) is 3.24 Å². The summed E-state index contributed by atoms with van der Waals surface area (Å²) in [6.45, 7) is 0. The molecule has 0 saturated heterocycles. The SMILES string of the molecule is c1ccc(-c2ccc(N(c3ccc(-c4ccccc4)cc3)c3ccc(-c4cc(-c5ccc6sc7ccccc7c6c5)c5sc6c(-c7ccccc7)cccc6c5c4)cc3)cc2)cc1. The van der Waals surface area contributed by atoms with Crippen LogP contribution in [0.4, 0.5) is 17.1 Å². The molecule has 0 N–H and O–H groups in total. The van der Waals surface area contributed by atoms with Crippen molar-refractivity contribution in [2.24, 2.45) is 0 Å². The van der Waals surface area contributed by atoms with E-state index in [0.717, 1.165) is 17.1 Å². The lowest BCUT2D eigenvalue weighted by Crippen LogP contribution is -2.09. The highest BCUT2D eigenvalue weighted by molar-refractivity contribution is 7.27. The van der Waals surface area contributed by atoms with Gasteiger partial charge in [0.1, 0.15) is 0 Å². The Balaban J connectivity index is 0.996. The van der Waals surface area contributed by atoms with Crippen LogP contribution in [0.25, 0.3) is 96.0 Å². The van der Waals surface area contributed by atoms with Gasteiger partial charge in [-0.3, -0.25) is 0 Å². The Hall–Kier alpha value is -7.56. The number of nitrogens with zero attached hydrogens (tertiary/aromatic N) is 1. The quantitative estimate of drug-likeness (QED) is 0.147. The van der Waals surface area contributed by atoms with E-state index in [4.69, 9.17) is 0 Å². The molecule has 63 heavy (non-hydrogen) atoms. The third-order valence-corrected chi connectivity index (χ3v) is 14.7. The summed E-state index contributed by atoms with van der Waals surface area (Å²) in [7, 11) is 0. The minimum atomic E-state index is 1.10. The van der Waals surface area contributed by atoms with Crippen LogP contribution in [-0.2, 0) is 0 Å². The van der Waals surface area contributed by atoms with Crippen LogP contribution in [0.2, 0.25) is 0 Å². The second-order valence-corrected chi connectivity index (χ2v) is 18.2. The van der Waals surface area contributed by atoms with E-state index in [1.807, 2.05) is 22.7 Å². The Bertz CT molecular complexity index is 3490. The normalized spacial score (nSPS) is 11.5. The third-order valence-electron chi connectivity index (χ3n) is 12.3. The molecular formula is C60H39NS2. The highest BCUT2D eigenvalue weighted by atomic mass is 32.1. The zero-order chi connectivity index (χ0) is 41.7. The van der Waals surface area contributed by atoms with E-state index in [2.05, 4.69) is 241 Å². The van der Waals surface area contributed by atoms with E-state index in [0.29, 0.717) is 0 Å². The van der Waals surface area contributed by atoms with Gasteiger partial charge in [0.25, 0.3) is 0 Å². The molecule has 0 radical (unpaired) electrons. The van der Waals surface area contributed by atoms with Crippen molar-refractivity contribution in [1.29, 1.82) is 0 Å². The smallest absolute Gasteiger partial charge is 0.0462 e. The molecule has 2 heterocycles. The summed E-state index contributed by atoms with van der Waals surface area (Å²) in [6, 6.07) is 86.5. The molecule has 0 amide bonds. The maximum absolute atomic E-state index is 2.42. The van der Waals surface area contributed by atoms with E-state index in [-0.39, 0.29) is 0 Å². The van der Waals surface area contributed by atoms with E-state index in [1.54, 1.807) is 0 Å². The van der Waals surface area contributed by atoms with Crippen LogP contribution in [0.15, 0.2) is 237 Å². The van der Waals surface area contributed by atoms with Crippen LogP contribution < -0.4 is 4.90 Å². The summed E-state index contributed by atoms with van der Waals surface area (Å²) >= 11 is 3.79. The molecule has 0 bridgehead atoms. The average molecular weight is 838 g/mol. The average Bonchev–Trinajstić information content (AvgIpc) is 3.94. The van der Waals surface area contributed by atoms with Crippen LogP contribution in [0, 0.1) is 0 Å². The van der Waals surface area contributed by atoms with Gasteiger partial charge >= 0.3 is 0 Å². The van der Waals surface area contributed by atoms with E-state index >= 15 is 0 Å². The first-order valence-electron chi connectivity index (χ1n) is 21.4. The molecule has 0 aliphatic carbocycles. The van der Waals surface area contributed by atoms with Crippen molar-refractivity contribution in [3.63, 3.8) is 0 Å². The summed E-state index contributed by atoms with van der Waals surface area (Å²) in [5.74, 6) is 0. The molecule has 0 saturated carbocycles. The van der Waals surface area contributed by atoms with Crippen LogP contribution >= 0.6 is 22.7 Å². The molecule has 3 heteroatoms. The monoisotopic (exact) mass is 837 g/mol. The molecule has 12 aromatic rings. The van der Waals surface area contributed by atoms with Gasteiger partial charge in [-0.25, -0.2) is 0 Å². The zero-order valence-corrected chi connectivity index (χ0v) is 35.9. The largest absolute Gasteiger partial charge is 0.311 e. The van der Waals surface area contributed by atoms with Crippen molar-refractivity contribution >= 4 is 80.1 Å². The Morgan fingerprint density at radius 1 is 0.238 bits per heavy atom. The molecule has 0 atom stereocenters. The van der Waals surface area contributed by atoms with Gasteiger partial charge in [-0.2, -0.15) is 0 Å². The highest BCUT2D eigenvalue weighted by Gasteiger charge is 2.19. The Morgan fingerprint density at radius 2 is 0.683 bits per heavy atom. The number of thiophene rings is 2. The van der Waals surface area contributed by atoms with Gasteiger partial charge in [-0.15, -0.1) is 22.7 Å². The van der Waals surface area contributed by atoms with Crippen molar-refractivity contribution < 1.29 is 0 Å². The lowest BCUT2D eigenvalue weighted by atomic mass is 9.94. The predicted octanol–water partition coefficient (Wildman–Crippen LogP) is 18.2. The minimum absolute atomic E-state index is 1.10. The van der Waals surface area contributed by atoms with Gasteiger partial charge < -0.3 is 4.90 Å². The molecule has 0 aliphatic heterocycles. The van der Waals surface area contributed by atoms with Crippen molar-refractivity contribution in [2.75, 3.05) is 4.90 Å². The Morgan fingerprint density at radius 3 is 1.29 bits per heavy atom. The van der Waals surface area contributed by atoms with E-state index in [1.165, 1.54) is 96.0 Å². The van der Waals surface area contributed by atoms with Crippen LogP contribution in [0.5, 0.6) is 0 Å². The third kappa shape index (κ3) is 6.79. The Labute approximate surface area is 375 Å². The van der Waals surface area contributed by atoms with Crippen molar-refractivity contribution in [1.82, 2.24) is 0 Å². The second kappa shape index (κ2) is 15.7. The number of benzene rings is 10. The van der Waals surface area contributed by atoms with Crippen molar-refractivity contribution in [2.45, 2.75) is 0 Å². The molecule has 296 valence electrons. The first kappa shape index (κ1) is 37.2. The molecular weight excluding hydrogens is 799 g/mol. The van der Waals surface area contributed by atoms with Gasteiger partial charge in [-0.05, 0) is 117 Å². The molecule has 0 aliphatic rings. The zero-order valence-electron chi connectivity index (χ0n) is 34.3. The van der Waals surface area contributed by atoms with Gasteiger partial charge in [-0.1, -0.05) is 170 Å². The molecule has 2 aromatic heterocycles.